The number of hydrogen-bond acceptors (Lipinski definition) is 3. The molecule has 0 heterocycles. The lowest BCUT2D eigenvalue weighted by Crippen LogP contribution is -2.34. The van der Waals surface area contributed by atoms with Gasteiger partial charge in [-0.25, -0.2) is 0 Å². The molecule has 5 heteroatoms. The highest BCUT2D eigenvalue weighted by atomic mass is 16.3. The molecule has 0 bridgehead atoms. The molecule has 0 saturated carbocycles. The standard InChI is InChI=1S/C19H22N2O3/c1-3-21(11-12-22)19(24)16-9-4-5-10-17(16)20-18(23)15-8-6-7-14(2)13-15/h4-10,13,22H,3,11-12H2,1-2H3,(H,20,23). The molecule has 0 spiro atoms. The first kappa shape index (κ1) is 17.7. The van der Waals surface area contributed by atoms with E-state index in [0.29, 0.717) is 23.4 Å². The van der Waals surface area contributed by atoms with Crippen molar-refractivity contribution < 1.29 is 14.7 Å². The number of rotatable bonds is 6. The molecule has 2 amide bonds. The first-order valence-corrected chi connectivity index (χ1v) is 7.94. The fraction of sp³-hybridized carbons (Fsp3) is 0.263. The maximum atomic E-state index is 12.6. The predicted octanol–water partition coefficient (Wildman–Crippen LogP) is 2.70. The van der Waals surface area contributed by atoms with E-state index in [4.69, 9.17) is 5.11 Å². The molecule has 0 aromatic heterocycles. The Kier molecular flexibility index (Phi) is 6.09. The van der Waals surface area contributed by atoms with Gasteiger partial charge < -0.3 is 15.3 Å². The second-order valence-corrected chi connectivity index (χ2v) is 5.48. The molecule has 0 fully saturated rings. The summed E-state index contributed by atoms with van der Waals surface area (Å²) in [5.41, 5.74) is 2.41. The topological polar surface area (TPSA) is 69.6 Å². The summed E-state index contributed by atoms with van der Waals surface area (Å²) in [5.74, 6) is -0.476. The number of aliphatic hydroxyl groups is 1. The molecular formula is C19H22N2O3. The lowest BCUT2D eigenvalue weighted by molar-refractivity contribution is 0.0733. The fourth-order valence-corrected chi connectivity index (χ4v) is 2.45. The van der Waals surface area contributed by atoms with Crippen LogP contribution in [0.1, 0.15) is 33.2 Å². The Morgan fingerprint density at radius 1 is 1.12 bits per heavy atom. The lowest BCUT2D eigenvalue weighted by Gasteiger charge is -2.21. The summed E-state index contributed by atoms with van der Waals surface area (Å²) in [6.45, 7) is 4.41. The second-order valence-electron chi connectivity index (χ2n) is 5.48. The van der Waals surface area contributed by atoms with Crippen molar-refractivity contribution >= 4 is 17.5 Å². The molecule has 2 aromatic rings. The van der Waals surface area contributed by atoms with E-state index in [9.17, 15) is 9.59 Å². The minimum absolute atomic E-state index is 0.0998. The highest BCUT2D eigenvalue weighted by Crippen LogP contribution is 2.18. The van der Waals surface area contributed by atoms with Gasteiger partial charge in [0, 0.05) is 18.7 Å². The van der Waals surface area contributed by atoms with Gasteiger partial charge in [0.1, 0.15) is 0 Å². The molecule has 0 unspecified atom stereocenters. The monoisotopic (exact) mass is 326 g/mol. The van der Waals surface area contributed by atoms with Crippen LogP contribution in [0.25, 0.3) is 0 Å². The third-order valence-electron chi connectivity index (χ3n) is 3.72. The molecule has 0 atom stereocenters. The van der Waals surface area contributed by atoms with E-state index in [-0.39, 0.29) is 25.0 Å². The van der Waals surface area contributed by atoms with Gasteiger partial charge in [-0.05, 0) is 38.1 Å². The number of benzene rings is 2. The van der Waals surface area contributed by atoms with Crippen LogP contribution in [0, 0.1) is 6.92 Å². The third-order valence-corrected chi connectivity index (χ3v) is 3.72. The molecule has 2 aromatic carbocycles. The lowest BCUT2D eigenvalue weighted by atomic mass is 10.1. The molecule has 24 heavy (non-hydrogen) atoms. The summed E-state index contributed by atoms with van der Waals surface area (Å²) in [4.78, 5) is 26.6. The van der Waals surface area contributed by atoms with Crippen LogP contribution < -0.4 is 5.32 Å². The summed E-state index contributed by atoms with van der Waals surface area (Å²) in [6, 6.07) is 14.2. The number of anilines is 1. The van der Waals surface area contributed by atoms with E-state index in [1.165, 1.54) is 4.90 Å². The Balaban J connectivity index is 2.25. The molecule has 0 radical (unpaired) electrons. The molecule has 5 nitrogen and oxygen atoms in total. The highest BCUT2D eigenvalue weighted by Gasteiger charge is 2.18. The number of likely N-dealkylation sites (N-methyl/N-ethyl adjacent to an activating group) is 1. The number of carbonyl (C=O) groups excluding carboxylic acids is 2. The first-order chi connectivity index (χ1) is 11.6. The van der Waals surface area contributed by atoms with Crippen LogP contribution in [0.5, 0.6) is 0 Å². The largest absolute Gasteiger partial charge is 0.395 e. The van der Waals surface area contributed by atoms with Crippen LogP contribution >= 0.6 is 0 Å². The quantitative estimate of drug-likeness (QED) is 0.857. The summed E-state index contributed by atoms with van der Waals surface area (Å²) < 4.78 is 0. The molecular weight excluding hydrogens is 304 g/mol. The van der Waals surface area contributed by atoms with Crippen molar-refractivity contribution in [2.45, 2.75) is 13.8 Å². The smallest absolute Gasteiger partial charge is 0.256 e. The van der Waals surface area contributed by atoms with Crippen molar-refractivity contribution in [1.29, 1.82) is 0 Å². The van der Waals surface area contributed by atoms with E-state index >= 15 is 0 Å². The Morgan fingerprint density at radius 2 is 1.88 bits per heavy atom. The Morgan fingerprint density at radius 3 is 2.54 bits per heavy atom. The Bertz CT molecular complexity index is 728. The van der Waals surface area contributed by atoms with Crippen molar-refractivity contribution in [2.75, 3.05) is 25.0 Å². The first-order valence-electron chi connectivity index (χ1n) is 7.94. The van der Waals surface area contributed by atoms with Crippen LogP contribution in [0.2, 0.25) is 0 Å². The third kappa shape index (κ3) is 4.20. The molecule has 0 aliphatic heterocycles. The van der Waals surface area contributed by atoms with Crippen molar-refractivity contribution in [1.82, 2.24) is 4.90 Å². The Hall–Kier alpha value is -2.66. The van der Waals surface area contributed by atoms with Gasteiger partial charge in [-0.3, -0.25) is 9.59 Å². The van der Waals surface area contributed by atoms with E-state index in [2.05, 4.69) is 5.32 Å². The number of carbonyl (C=O) groups is 2. The maximum absolute atomic E-state index is 12.6. The molecule has 0 aliphatic rings. The minimum atomic E-state index is -0.260. The van der Waals surface area contributed by atoms with Gasteiger partial charge in [-0.1, -0.05) is 29.8 Å². The number of nitrogens with zero attached hydrogens (tertiary/aromatic N) is 1. The van der Waals surface area contributed by atoms with Gasteiger partial charge in [-0.2, -0.15) is 0 Å². The van der Waals surface area contributed by atoms with Crippen LogP contribution in [-0.2, 0) is 0 Å². The highest BCUT2D eigenvalue weighted by molar-refractivity contribution is 6.09. The normalized spacial score (nSPS) is 10.3. The van der Waals surface area contributed by atoms with Crippen LogP contribution in [0.3, 0.4) is 0 Å². The SMILES string of the molecule is CCN(CCO)C(=O)c1ccccc1NC(=O)c1cccc(C)c1. The van der Waals surface area contributed by atoms with Gasteiger partial charge in [0.25, 0.3) is 11.8 Å². The summed E-state index contributed by atoms with van der Waals surface area (Å²) in [6.07, 6.45) is 0. The van der Waals surface area contributed by atoms with Crippen molar-refractivity contribution in [3.63, 3.8) is 0 Å². The molecule has 0 saturated heterocycles. The number of nitrogens with one attached hydrogen (secondary N) is 1. The van der Waals surface area contributed by atoms with Crippen molar-refractivity contribution in [3.05, 3.63) is 65.2 Å². The predicted molar refractivity (Wildman–Crippen MR) is 94.2 cm³/mol. The van der Waals surface area contributed by atoms with E-state index in [1.807, 2.05) is 26.0 Å². The molecule has 2 rings (SSSR count). The molecule has 2 N–H and O–H groups in total. The van der Waals surface area contributed by atoms with Gasteiger partial charge in [0.05, 0.1) is 17.9 Å². The van der Waals surface area contributed by atoms with Gasteiger partial charge in [0.2, 0.25) is 0 Å². The van der Waals surface area contributed by atoms with Crippen LogP contribution in [0.15, 0.2) is 48.5 Å². The minimum Gasteiger partial charge on any atom is -0.395 e. The zero-order valence-electron chi connectivity index (χ0n) is 14.0. The summed E-state index contributed by atoms with van der Waals surface area (Å²) in [7, 11) is 0. The second kappa shape index (κ2) is 8.26. The number of hydrogen-bond donors (Lipinski definition) is 2. The number of aliphatic hydroxyl groups excluding tert-OH is 1. The van der Waals surface area contributed by atoms with Gasteiger partial charge >= 0.3 is 0 Å². The fourth-order valence-electron chi connectivity index (χ4n) is 2.45. The summed E-state index contributed by atoms with van der Waals surface area (Å²) >= 11 is 0. The zero-order chi connectivity index (χ0) is 17.5. The number of amides is 2. The molecule has 0 aliphatic carbocycles. The van der Waals surface area contributed by atoms with Crippen molar-refractivity contribution in [3.8, 4) is 0 Å². The number of para-hydroxylation sites is 1. The number of aryl methyl sites for hydroxylation is 1. The average molecular weight is 326 g/mol. The summed E-state index contributed by atoms with van der Waals surface area (Å²) in [5, 5.41) is 11.9. The van der Waals surface area contributed by atoms with E-state index < -0.39 is 0 Å². The average Bonchev–Trinajstić information content (AvgIpc) is 2.59. The van der Waals surface area contributed by atoms with Crippen LogP contribution in [0.4, 0.5) is 5.69 Å². The van der Waals surface area contributed by atoms with Crippen LogP contribution in [-0.4, -0.2) is 41.5 Å². The maximum Gasteiger partial charge on any atom is 0.256 e. The van der Waals surface area contributed by atoms with Gasteiger partial charge in [0.15, 0.2) is 0 Å². The molecule has 126 valence electrons. The van der Waals surface area contributed by atoms with Crippen molar-refractivity contribution in [2.24, 2.45) is 0 Å². The Labute approximate surface area is 141 Å². The van der Waals surface area contributed by atoms with Gasteiger partial charge in [-0.15, -0.1) is 0 Å². The zero-order valence-corrected chi connectivity index (χ0v) is 14.0. The van der Waals surface area contributed by atoms with E-state index in [0.717, 1.165) is 5.56 Å². The van der Waals surface area contributed by atoms with E-state index in [1.54, 1.807) is 36.4 Å².